The molecule has 2 heterocycles. The van der Waals surface area contributed by atoms with Crippen LogP contribution in [0.25, 0.3) is 31.9 Å². The van der Waals surface area contributed by atoms with Crippen LogP contribution < -0.4 is 14.5 Å². The normalized spacial score (nSPS) is 11.2. The minimum atomic E-state index is -0.659. The van der Waals surface area contributed by atoms with Gasteiger partial charge in [0.25, 0.3) is 0 Å². The minimum absolute atomic E-state index is 0.0718. The lowest BCUT2D eigenvalue weighted by Crippen LogP contribution is -2.37. The summed E-state index contributed by atoms with van der Waals surface area (Å²) in [5.74, 6) is 0.0471. The zero-order valence-corrected chi connectivity index (χ0v) is 31.4. The number of aromatic nitrogens is 2. The van der Waals surface area contributed by atoms with E-state index < -0.39 is 23.6 Å². The largest absolute Gasteiger partial charge is 0.494 e. The number of pyridine rings is 1. The Morgan fingerprint density at radius 3 is 2.12 bits per heavy atom. The van der Waals surface area contributed by atoms with Crippen molar-refractivity contribution in [2.75, 3.05) is 51.3 Å². The summed E-state index contributed by atoms with van der Waals surface area (Å²) in [4.78, 5) is 50.8. The standard InChI is InChI=1S/C40H44N4O7S/c1-40(2,3)51-39(47)44(21-9-8-10-22-50-30-17-18-31(37(45)48-6)32(24-30)38(46)49-7)29-16-19-33-34(23-29)52-36(42-33)27-13-11-26(12-14-27)28-15-20-35(41-25-28)43(4)5/h11-20,23-25H,8-10,21-22H2,1-7H3. The van der Waals surface area contributed by atoms with Crippen LogP contribution in [0.4, 0.5) is 16.3 Å². The fourth-order valence-corrected chi connectivity index (χ4v) is 6.40. The second-order valence-corrected chi connectivity index (χ2v) is 14.3. The second-order valence-electron chi connectivity index (χ2n) is 13.3. The first-order chi connectivity index (χ1) is 24.9. The Labute approximate surface area is 308 Å². The molecular weight excluding hydrogens is 681 g/mol. The summed E-state index contributed by atoms with van der Waals surface area (Å²) in [6, 6.07) is 22.8. The van der Waals surface area contributed by atoms with Crippen LogP contribution in [0, 0.1) is 0 Å². The third-order valence-electron chi connectivity index (χ3n) is 8.07. The van der Waals surface area contributed by atoms with E-state index in [0.29, 0.717) is 31.7 Å². The van der Waals surface area contributed by atoms with Crippen molar-refractivity contribution in [2.45, 2.75) is 45.6 Å². The quantitative estimate of drug-likeness (QED) is 0.0663. The van der Waals surface area contributed by atoms with E-state index in [1.54, 1.807) is 22.3 Å². The number of methoxy groups -OCH3 is 2. The Balaban J connectivity index is 1.24. The molecule has 0 aliphatic heterocycles. The number of fused-ring (bicyclic) bond motifs is 1. The lowest BCUT2D eigenvalue weighted by Gasteiger charge is -2.27. The highest BCUT2D eigenvalue weighted by Gasteiger charge is 2.24. The summed E-state index contributed by atoms with van der Waals surface area (Å²) in [5.41, 5.74) is 4.23. The maximum absolute atomic E-state index is 13.4. The number of carbonyl (C=O) groups is 3. The number of carbonyl (C=O) groups excluding carboxylic acids is 3. The van der Waals surface area contributed by atoms with Crippen molar-refractivity contribution in [3.8, 4) is 27.4 Å². The molecule has 52 heavy (non-hydrogen) atoms. The molecule has 0 spiro atoms. The number of anilines is 2. The Bertz CT molecular complexity index is 2020. The summed E-state index contributed by atoms with van der Waals surface area (Å²) in [6.07, 6.45) is 3.62. The fraction of sp³-hybridized carbons (Fsp3) is 0.325. The number of benzene rings is 3. The summed E-state index contributed by atoms with van der Waals surface area (Å²) in [6.45, 7) is 6.37. The van der Waals surface area contributed by atoms with Gasteiger partial charge in [-0.05, 0) is 94.1 Å². The van der Waals surface area contributed by atoms with Gasteiger partial charge in [-0.2, -0.15) is 0 Å². The topological polar surface area (TPSA) is 120 Å². The van der Waals surface area contributed by atoms with Crippen LogP contribution in [0.15, 0.2) is 79.0 Å². The number of amides is 1. The molecule has 0 radical (unpaired) electrons. The third-order valence-corrected chi connectivity index (χ3v) is 9.13. The van der Waals surface area contributed by atoms with Crippen molar-refractivity contribution >= 4 is 51.1 Å². The predicted octanol–water partition coefficient (Wildman–Crippen LogP) is 8.66. The Morgan fingerprint density at radius 2 is 1.46 bits per heavy atom. The van der Waals surface area contributed by atoms with Gasteiger partial charge in [-0.25, -0.2) is 24.4 Å². The minimum Gasteiger partial charge on any atom is -0.494 e. The van der Waals surface area contributed by atoms with E-state index in [0.717, 1.165) is 49.8 Å². The average Bonchev–Trinajstić information content (AvgIpc) is 3.57. The van der Waals surface area contributed by atoms with Crippen molar-refractivity contribution < 1.29 is 33.3 Å². The van der Waals surface area contributed by atoms with Gasteiger partial charge < -0.3 is 23.8 Å². The molecule has 5 rings (SSSR count). The van der Waals surface area contributed by atoms with Gasteiger partial charge >= 0.3 is 18.0 Å². The van der Waals surface area contributed by atoms with Gasteiger partial charge in [0.05, 0.1) is 42.2 Å². The SMILES string of the molecule is COC(=O)c1ccc(OCCCCCN(C(=O)OC(C)(C)C)c2ccc3nc(-c4ccc(-c5ccc(N(C)C)nc5)cc4)sc3c2)cc1C(=O)OC. The van der Waals surface area contributed by atoms with Crippen molar-refractivity contribution in [3.63, 3.8) is 0 Å². The maximum Gasteiger partial charge on any atom is 0.414 e. The molecule has 1 amide bonds. The van der Waals surface area contributed by atoms with Gasteiger partial charge in [0.15, 0.2) is 0 Å². The summed E-state index contributed by atoms with van der Waals surface area (Å²) in [5, 5.41) is 0.891. The summed E-state index contributed by atoms with van der Waals surface area (Å²) < 4.78 is 22.2. The first-order valence-corrected chi connectivity index (χ1v) is 17.8. The van der Waals surface area contributed by atoms with Gasteiger partial charge in [-0.15, -0.1) is 11.3 Å². The number of hydrogen-bond acceptors (Lipinski definition) is 11. The van der Waals surface area contributed by atoms with Crippen LogP contribution in [-0.2, 0) is 14.2 Å². The zero-order chi connectivity index (χ0) is 37.4. The van der Waals surface area contributed by atoms with E-state index in [1.165, 1.54) is 26.4 Å². The van der Waals surface area contributed by atoms with Gasteiger partial charge in [0.2, 0.25) is 0 Å². The molecule has 272 valence electrons. The Morgan fingerprint density at radius 1 is 0.769 bits per heavy atom. The number of thiazole rings is 1. The molecule has 0 atom stereocenters. The molecule has 0 saturated carbocycles. The van der Waals surface area contributed by atoms with Gasteiger partial charge in [0, 0.05) is 43.7 Å². The van der Waals surface area contributed by atoms with E-state index in [-0.39, 0.29) is 11.1 Å². The molecule has 0 unspecified atom stereocenters. The molecule has 0 saturated heterocycles. The van der Waals surface area contributed by atoms with Crippen LogP contribution in [0.5, 0.6) is 5.75 Å². The monoisotopic (exact) mass is 724 g/mol. The summed E-state index contributed by atoms with van der Waals surface area (Å²) in [7, 11) is 6.43. The molecular formula is C40H44N4O7S. The molecule has 5 aromatic rings. The van der Waals surface area contributed by atoms with Crippen molar-refractivity contribution in [3.05, 3.63) is 90.1 Å². The number of hydrogen-bond donors (Lipinski definition) is 0. The molecule has 12 heteroatoms. The number of esters is 2. The maximum atomic E-state index is 13.4. The number of rotatable bonds is 13. The van der Waals surface area contributed by atoms with Gasteiger partial charge in [-0.3, -0.25) is 4.90 Å². The molecule has 3 aromatic carbocycles. The highest BCUT2D eigenvalue weighted by atomic mass is 32.1. The van der Waals surface area contributed by atoms with Crippen LogP contribution in [-0.4, -0.2) is 75.1 Å². The molecule has 0 aliphatic rings. The average molecular weight is 725 g/mol. The van der Waals surface area contributed by atoms with E-state index >= 15 is 0 Å². The van der Waals surface area contributed by atoms with Crippen molar-refractivity contribution in [1.82, 2.24) is 9.97 Å². The highest BCUT2D eigenvalue weighted by molar-refractivity contribution is 7.21. The fourth-order valence-electron chi connectivity index (χ4n) is 5.39. The third kappa shape index (κ3) is 9.43. The molecule has 0 aliphatic carbocycles. The highest BCUT2D eigenvalue weighted by Crippen LogP contribution is 2.34. The second kappa shape index (κ2) is 16.7. The molecule has 2 aromatic heterocycles. The smallest absolute Gasteiger partial charge is 0.414 e. The molecule has 11 nitrogen and oxygen atoms in total. The van der Waals surface area contributed by atoms with Crippen LogP contribution in [0.3, 0.4) is 0 Å². The number of nitrogens with zero attached hydrogens (tertiary/aromatic N) is 4. The van der Waals surface area contributed by atoms with E-state index in [4.69, 9.17) is 23.9 Å². The Hall–Kier alpha value is -5.49. The van der Waals surface area contributed by atoms with E-state index in [1.807, 2.05) is 70.2 Å². The van der Waals surface area contributed by atoms with Crippen molar-refractivity contribution in [1.29, 1.82) is 0 Å². The first-order valence-electron chi connectivity index (χ1n) is 17.0. The van der Waals surface area contributed by atoms with Crippen LogP contribution >= 0.6 is 11.3 Å². The van der Waals surface area contributed by atoms with Crippen LogP contribution in [0.2, 0.25) is 0 Å². The Kier molecular flexibility index (Phi) is 12.1. The molecule has 0 N–H and O–H groups in total. The van der Waals surface area contributed by atoms with E-state index in [2.05, 4.69) is 35.3 Å². The first kappa shape index (κ1) is 37.8. The predicted molar refractivity (Wildman–Crippen MR) is 205 cm³/mol. The lowest BCUT2D eigenvalue weighted by molar-refractivity contribution is 0.0555. The van der Waals surface area contributed by atoms with Crippen LogP contribution in [0.1, 0.15) is 60.7 Å². The van der Waals surface area contributed by atoms with Gasteiger partial charge in [0.1, 0.15) is 22.2 Å². The number of unbranched alkanes of at least 4 members (excludes halogenated alkanes) is 2. The number of ether oxygens (including phenoxy) is 4. The lowest BCUT2D eigenvalue weighted by atomic mass is 10.1. The molecule has 0 fully saturated rings. The summed E-state index contributed by atoms with van der Waals surface area (Å²) >= 11 is 1.58. The van der Waals surface area contributed by atoms with E-state index in [9.17, 15) is 14.4 Å². The zero-order valence-electron chi connectivity index (χ0n) is 30.6. The van der Waals surface area contributed by atoms with Crippen molar-refractivity contribution in [2.24, 2.45) is 0 Å². The molecule has 0 bridgehead atoms. The van der Waals surface area contributed by atoms with Gasteiger partial charge in [-0.1, -0.05) is 24.3 Å².